The zero-order chi connectivity index (χ0) is 16.8. The van der Waals surface area contributed by atoms with Gasteiger partial charge in [0.1, 0.15) is 12.4 Å². The van der Waals surface area contributed by atoms with Crippen molar-refractivity contribution in [1.29, 1.82) is 0 Å². The Bertz CT molecular complexity index is 691. The second kappa shape index (κ2) is 8.00. The van der Waals surface area contributed by atoms with Crippen molar-refractivity contribution in [2.75, 3.05) is 13.2 Å². The number of hydrogen-bond donors (Lipinski definition) is 1. The number of carbonyl (C=O) groups is 1. The normalized spacial score (nSPS) is 13.2. The van der Waals surface area contributed by atoms with Gasteiger partial charge < -0.3 is 10.1 Å². The van der Waals surface area contributed by atoms with E-state index in [0.717, 1.165) is 17.7 Å². The first kappa shape index (κ1) is 16.6. The summed E-state index contributed by atoms with van der Waals surface area (Å²) in [6.07, 6.45) is 5.31. The topological polar surface area (TPSA) is 38.3 Å². The van der Waals surface area contributed by atoms with E-state index in [2.05, 4.69) is 17.4 Å². The highest BCUT2D eigenvalue weighted by molar-refractivity contribution is 5.78. The maximum absolute atomic E-state index is 11.9. The van der Waals surface area contributed by atoms with Gasteiger partial charge in [0.2, 0.25) is 5.91 Å². The molecule has 1 aliphatic rings. The van der Waals surface area contributed by atoms with Crippen LogP contribution in [-0.4, -0.2) is 19.1 Å². The molecule has 126 valence electrons. The number of ether oxygens (including phenoxy) is 1. The van der Waals surface area contributed by atoms with Gasteiger partial charge in [-0.1, -0.05) is 35.9 Å². The van der Waals surface area contributed by atoms with Crippen molar-refractivity contribution in [3.8, 4) is 5.75 Å². The number of aryl methyl sites for hydroxylation is 3. The Morgan fingerprint density at radius 1 is 1.04 bits per heavy atom. The Morgan fingerprint density at radius 3 is 2.58 bits per heavy atom. The predicted molar refractivity (Wildman–Crippen MR) is 96.5 cm³/mol. The summed E-state index contributed by atoms with van der Waals surface area (Å²) in [6.45, 7) is 3.07. The zero-order valence-corrected chi connectivity index (χ0v) is 14.3. The van der Waals surface area contributed by atoms with E-state index in [1.165, 1.54) is 36.0 Å². The van der Waals surface area contributed by atoms with E-state index in [0.29, 0.717) is 19.6 Å². The second-order valence-electron chi connectivity index (χ2n) is 6.50. The number of rotatable bonds is 6. The molecule has 0 aromatic heterocycles. The first-order valence-corrected chi connectivity index (χ1v) is 8.77. The summed E-state index contributed by atoms with van der Waals surface area (Å²) in [4.78, 5) is 11.9. The van der Waals surface area contributed by atoms with Crippen molar-refractivity contribution < 1.29 is 9.53 Å². The third-order valence-electron chi connectivity index (χ3n) is 4.50. The maximum atomic E-state index is 11.9. The summed E-state index contributed by atoms with van der Waals surface area (Å²) < 4.78 is 5.77. The molecule has 0 saturated heterocycles. The number of benzene rings is 2. The Labute approximate surface area is 144 Å². The van der Waals surface area contributed by atoms with Crippen LogP contribution >= 0.6 is 0 Å². The SMILES string of the molecule is Cc1ccc(CC(=O)NCCOc2ccc3c(c2)CCCC3)cc1. The largest absolute Gasteiger partial charge is 0.492 e. The van der Waals surface area contributed by atoms with Crippen LogP contribution in [0.3, 0.4) is 0 Å². The molecule has 0 radical (unpaired) electrons. The van der Waals surface area contributed by atoms with Gasteiger partial charge in [0.05, 0.1) is 13.0 Å². The van der Waals surface area contributed by atoms with E-state index in [1.807, 2.05) is 37.3 Å². The molecule has 3 nitrogen and oxygen atoms in total. The lowest BCUT2D eigenvalue weighted by Crippen LogP contribution is -2.29. The van der Waals surface area contributed by atoms with Gasteiger partial charge >= 0.3 is 0 Å². The number of hydrogen-bond acceptors (Lipinski definition) is 2. The summed E-state index contributed by atoms with van der Waals surface area (Å²) in [5, 5.41) is 2.91. The molecular weight excluding hydrogens is 298 g/mol. The molecule has 0 atom stereocenters. The van der Waals surface area contributed by atoms with Crippen LogP contribution in [0.25, 0.3) is 0 Å². The molecule has 0 unspecified atom stereocenters. The van der Waals surface area contributed by atoms with Crippen LogP contribution in [-0.2, 0) is 24.1 Å². The molecule has 1 amide bonds. The van der Waals surface area contributed by atoms with Gasteiger partial charge in [-0.15, -0.1) is 0 Å². The minimum Gasteiger partial charge on any atom is -0.492 e. The summed E-state index contributed by atoms with van der Waals surface area (Å²) >= 11 is 0. The van der Waals surface area contributed by atoms with Crippen molar-refractivity contribution >= 4 is 5.91 Å². The molecule has 3 rings (SSSR count). The highest BCUT2D eigenvalue weighted by Crippen LogP contribution is 2.25. The zero-order valence-electron chi connectivity index (χ0n) is 14.3. The van der Waals surface area contributed by atoms with E-state index in [-0.39, 0.29) is 5.91 Å². The van der Waals surface area contributed by atoms with Gasteiger partial charge in [0.25, 0.3) is 0 Å². The molecule has 0 heterocycles. The minimum absolute atomic E-state index is 0.0351. The molecule has 2 aromatic rings. The fourth-order valence-corrected chi connectivity index (χ4v) is 3.11. The number of nitrogens with one attached hydrogen (secondary N) is 1. The third kappa shape index (κ3) is 4.60. The number of carbonyl (C=O) groups excluding carboxylic acids is 1. The Kier molecular flexibility index (Phi) is 5.52. The van der Waals surface area contributed by atoms with Crippen molar-refractivity contribution in [3.05, 3.63) is 64.7 Å². The molecule has 1 N–H and O–H groups in total. The van der Waals surface area contributed by atoms with Crippen molar-refractivity contribution in [1.82, 2.24) is 5.32 Å². The maximum Gasteiger partial charge on any atom is 0.224 e. The summed E-state index contributed by atoms with van der Waals surface area (Å²) in [7, 11) is 0. The molecule has 0 fully saturated rings. The lowest BCUT2D eigenvalue weighted by atomic mass is 9.92. The third-order valence-corrected chi connectivity index (χ3v) is 4.50. The van der Waals surface area contributed by atoms with E-state index in [9.17, 15) is 4.79 Å². The Morgan fingerprint density at radius 2 is 1.79 bits per heavy atom. The van der Waals surface area contributed by atoms with Gasteiger partial charge in [-0.3, -0.25) is 4.79 Å². The van der Waals surface area contributed by atoms with Gasteiger partial charge in [0.15, 0.2) is 0 Å². The molecule has 1 aliphatic carbocycles. The quantitative estimate of drug-likeness (QED) is 0.825. The lowest BCUT2D eigenvalue weighted by molar-refractivity contribution is -0.120. The van der Waals surface area contributed by atoms with E-state index >= 15 is 0 Å². The standard InChI is InChI=1S/C21H25NO2/c1-16-6-8-17(9-7-16)14-21(23)22-12-13-24-20-11-10-18-4-2-3-5-19(18)15-20/h6-11,15H,2-5,12-14H2,1H3,(H,22,23). The fourth-order valence-electron chi connectivity index (χ4n) is 3.11. The smallest absolute Gasteiger partial charge is 0.224 e. The molecule has 0 bridgehead atoms. The molecule has 24 heavy (non-hydrogen) atoms. The molecule has 2 aromatic carbocycles. The summed E-state index contributed by atoms with van der Waals surface area (Å²) in [5.41, 5.74) is 5.12. The van der Waals surface area contributed by atoms with Gasteiger partial charge in [-0.05, 0) is 61.4 Å². The second-order valence-corrected chi connectivity index (χ2v) is 6.50. The van der Waals surface area contributed by atoms with Crippen LogP contribution < -0.4 is 10.1 Å². The van der Waals surface area contributed by atoms with Crippen LogP contribution in [0.2, 0.25) is 0 Å². The van der Waals surface area contributed by atoms with Crippen LogP contribution in [0, 0.1) is 6.92 Å². The van der Waals surface area contributed by atoms with Crippen LogP contribution in [0.5, 0.6) is 5.75 Å². The number of fused-ring (bicyclic) bond motifs is 1. The monoisotopic (exact) mass is 323 g/mol. The molecular formula is C21H25NO2. The van der Waals surface area contributed by atoms with Crippen molar-refractivity contribution in [2.45, 2.75) is 39.0 Å². The first-order chi connectivity index (χ1) is 11.7. The molecule has 0 aliphatic heterocycles. The average molecular weight is 323 g/mol. The first-order valence-electron chi connectivity index (χ1n) is 8.77. The van der Waals surface area contributed by atoms with Crippen molar-refractivity contribution in [3.63, 3.8) is 0 Å². The minimum atomic E-state index is 0.0351. The van der Waals surface area contributed by atoms with Gasteiger partial charge in [-0.25, -0.2) is 0 Å². The Balaban J connectivity index is 1.40. The Hall–Kier alpha value is -2.29. The van der Waals surface area contributed by atoms with E-state index < -0.39 is 0 Å². The van der Waals surface area contributed by atoms with E-state index in [1.54, 1.807) is 0 Å². The number of amides is 1. The molecule has 0 spiro atoms. The lowest BCUT2D eigenvalue weighted by Gasteiger charge is -2.17. The average Bonchev–Trinajstić information content (AvgIpc) is 2.60. The highest BCUT2D eigenvalue weighted by Gasteiger charge is 2.10. The highest BCUT2D eigenvalue weighted by atomic mass is 16.5. The van der Waals surface area contributed by atoms with Gasteiger partial charge in [-0.2, -0.15) is 0 Å². The van der Waals surface area contributed by atoms with Crippen molar-refractivity contribution in [2.24, 2.45) is 0 Å². The fraction of sp³-hybridized carbons (Fsp3) is 0.381. The van der Waals surface area contributed by atoms with E-state index in [4.69, 9.17) is 4.74 Å². The summed E-state index contributed by atoms with van der Waals surface area (Å²) in [6, 6.07) is 14.4. The van der Waals surface area contributed by atoms with Crippen LogP contribution in [0.15, 0.2) is 42.5 Å². The van der Waals surface area contributed by atoms with Crippen LogP contribution in [0.1, 0.15) is 35.1 Å². The van der Waals surface area contributed by atoms with Gasteiger partial charge in [0, 0.05) is 0 Å². The predicted octanol–water partition coefficient (Wildman–Crippen LogP) is 3.61. The van der Waals surface area contributed by atoms with Crippen LogP contribution in [0.4, 0.5) is 0 Å². The molecule has 3 heteroatoms. The summed E-state index contributed by atoms with van der Waals surface area (Å²) in [5.74, 6) is 0.941. The molecule has 0 saturated carbocycles.